The van der Waals surface area contributed by atoms with Gasteiger partial charge in [-0.3, -0.25) is 0 Å². The van der Waals surface area contributed by atoms with Crippen LogP contribution in [0.25, 0.3) is 0 Å². The number of rotatable bonds is 6. The Morgan fingerprint density at radius 1 is 1.08 bits per heavy atom. The van der Waals surface area contributed by atoms with Crippen molar-refractivity contribution >= 4 is 11.9 Å². The molecule has 24 heavy (non-hydrogen) atoms. The Morgan fingerprint density at radius 3 is 1.96 bits per heavy atom. The fourth-order valence-corrected chi connectivity index (χ4v) is 1.94. The maximum absolute atomic E-state index is 13.6. The molecule has 0 aromatic heterocycles. The van der Waals surface area contributed by atoms with Gasteiger partial charge in [-0.15, -0.1) is 0 Å². The predicted molar refractivity (Wildman–Crippen MR) is 80.8 cm³/mol. The Kier molecular flexibility index (Phi) is 5.92. The van der Waals surface area contributed by atoms with E-state index in [2.05, 4.69) is 0 Å². The molecule has 0 aliphatic rings. The van der Waals surface area contributed by atoms with Gasteiger partial charge < -0.3 is 19.4 Å². The second-order valence-electron chi connectivity index (χ2n) is 6.72. The lowest BCUT2D eigenvalue weighted by molar-refractivity contribution is -0.337. The number of esters is 1. The summed E-state index contributed by atoms with van der Waals surface area (Å²) >= 11 is 0. The minimum absolute atomic E-state index is 0.0102. The molecular formula is C17H21F2O5-. The number of carboxylic acids is 1. The number of halogens is 2. The summed E-state index contributed by atoms with van der Waals surface area (Å²) in [5.41, 5.74) is -0.419. The summed E-state index contributed by atoms with van der Waals surface area (Å²) in [6.07, 6.45) is -2.12. The molecule has 0 saturated carbocycles. The van der Waals surface area contributed by atoms with Crippen molar-refractivity contribution in [3.63, 3.8) is 0 Å². The highest BCUT2D eigenvalue weighted by atomic mass is 19.3. The molecular weight excluding hydrogens is 322 g/mol. The third-order valence-electron chi connectivity index (χ3n) is 2.98. The Hall–Kier alpha value is -2.18. The smallest absolute Gasteiger partial charge is 0.338 e. The van der Waals surface area contributed by atoms with E-state index in [4.69, 9.17) is 9.47 Å². The summed E-state index contributed by atoms with van der Waals surface area (Å²) in [6.45, 7) is 8.21. The number of alkyl halides is 2. The topological polar surface area (TPSA) is 75.7 Å². The van der Waals surface area contributed by atoms with E-state index >= 15 is 0 Å². The van der Waals surface area contributed by atoms with Crippen LogP contribution in [-0.2, 0) is 9.53 Å². The molecule has 0 bridgehead atoms. The first-order chi connectivity index (χ1) is 10.8. The monoisotopic (exact) mass is 343 g/mol. The summed E-state index contributed by atoms with van der Waals surface area (Å²) in [6, 6.07) is 5.72. The Bertz CT molecular complexity index is 588. The number of benzene rings is 1. The fourth-order valence-electron chi connectivity index (χ4n) is 1.94. The van der Waals surface area contributed by atoms with Gasteiger partial charge >= 0.3 is 11.9 Å². The number of hydrogen-bond donors (Lipinski definition) is 0. The number of carbonyl (C=O) groups is 2. The van der Waals surface area contributed by atoms with Crippen LogP contribution >= 0.6 is 0 Å². The number of aliphatic carboxylic acids is 1. The highest BCUT2D eigenvalue weighted by Crippen LogP contribution is 2.28. The van der Waals surface area contributed by atoms with E-state index in [1.165, 1.54) is 38.1 Å². The van der Waals surface area contributed by atoms with E-state index in [1.54, 1.807) is 0 Å². The van der Waals surface area contributed by atoms with Gasteiger partial charge in [0, 0.05) is 0 Å². The first kappa shape index (κ1) is 19.9. The summed E-state index contributed by atoms with van der Waals surface area (Å²) in [4.78, 5) is 22.6. The van der Waals surface area contributed by atoms with Gasteiger partial charge in [-0.25, -0.2) is 4.79 Å². The van der Waals surface area contributed by atoms with Gasteiger partial charge in [0.15, 0.2) is 6.10 Å². The lowest BCUT2D eigenvalue weighted by atomic mass is 10.0. The van der Waals surface area contributed by atoms with E-state index in [1.807, 2.05) is 20.8 Å². The van der Waals surface area contributed by atoms with Gasteiger partial charge in [-0.05, 0) is 51.0 Å². The number of carboxylic acid groups (broad SMARTS) is 1. The van der Waals surface area contributed by atoms with Crippen molar-refractivity contribution in [1.82, 2.24) is 0 Å². The average Bonchev–Trinajstić information content (AvgIpc) is 2.42. The number of carbonyl (C=O) groups excluding carboxylic acids is 2. The quantitative estimate of drug-likeness (QED) is 0.742. The van der Waals surface area contributed by atoms with Crippen LogP contribution in [0, 0.1) is 5.92 Å². The van der Waals surface area contributed by atoms with Crippen LogP contribution in [0.4, 0.5) is 8.78 Å². The summed E-state index contributed by atoms with van der Waals surface area (Å²) in [5, 5.41) is 10.6. The highest BCUT2D eigenvalue weighted by Gasteiger charge is 2.46. The molecule has 1 atom stereocenters. The second-order valence-corrected chi connectivity index (χ2v) is 6.72. The van der Waals surface area contributed by atoms with E-state index in [0.29, 0.717) is 5.75 Å². The molecule has 1 unspecified atom stereocenters. The van der Waals surface area contributed by atoms with Crippen LogP contribution in [0.5, 0.6) is 5.75 Å². The normalized spacial score (nSPS) is 13.5. The van der Waals surface area contributed by atoms with Gasteiger partial charge in [0.05, 0.1) is 5.56 Å². The van der Waals surface area contributed by atoms with Crippen LogP contribution in [0.2, 0.25) is 0 Å². The van der Waals surface area contributed by atoms with Crippen molar-refractivity contribution in [2.45, 2.75) is 52.2 Å². The standard InChI is InChI=1S/C17H22F2O5/c1-10(2)13(17(18,19)15(21)22)23-14(20)11-6-8-12(9-7-11)24-16(3,4)5/h6-10,13H,1-5H3,(H,21,22)/p-1. The molecule has 0 N–H and O–H groups in total. The predicted octanol–water partition coefficient (Wildman–Crippen LogP) is 2.43. The molecule has 0 spiro atoms. The summed E-state index contributed by atoms with van der Waals surface area (Å²) < 4.78 is 37.6. The molecule has 0 aliphatic carbocycles. The van der Waals surface area contributed by atoms with E-state index in [9.17, 15) is 23.5 Å². The van der Waals surface area contributed by atoms with Crippen LogP contribution in [0.3, 0.4) is 0 Å². The summed E-state index contributed by atoms with van der Waals surface area (Å²) in [7, 11) is 0. The zero-order valence-electron chi connectivity index (χ0n) is 14.3. The first-order valence-corrected chi connectivity index (χ1v) is 7.44. The Balaban J connectivity index is 2.91. The van der Waals surface area contributed by atoms with E-state index in [-0.39, 0.29) is 5.56 Å². The van der Waals surface area contributed by atoms with Crippen LogP contribution in [0.1, 0.15) is 45.0 Å². The molecule has 1 aromatic rings. The molecule has 1 rings (SSSR count). The van der Waals surface area contributed by atoms with Crippen molar-refractivity contribution in [2.75, 3.05) is 0 Å². The third kappa shape index (κ3) is 5.18. The lowest BCUT2D eigenvalue weighted by Crippen LogP contribution is -2.53. The number of ether oxygens (including phenoxy) is 2. The average molecular weight is 343 g/mol. The molecule has 0 heterocycles. The van der Waals surface area contributed by atoms with Crippen molar-refractivity contribution < 1.29 is 33.0 Å². The Morgan fingerprint density at radius 2 is 1.58 bits per heavy atom. The summed E-state index contributed by atoms with van der Waals surface area (Å²) in [5.74, 6) is -8.32. The molecule has 7 heteroatoms. The van der Waals surface area contributed by atoms with Crippen molar-refractivity contribution in [1.29, 1.82) is 0 Å². The third-order valence-corrected chi connectivity index (χ3v) is 2.98. The molecule has 0 radical (unpaired) electrons. The molecule has 134 valence electrons. The minimum atomic E-state index is -4.28. The van der Waals surface area contributed by atoms with Crippen LogP contribution in [0.15, 0.2) is 24.3 Å². The maximum atomic E-state index is 13.6. The van der Waals surface area contributed by atoms with E-state index < -0.39 is 35.5 Å². The van der Waals surface area contributed by atoms with Gasteiger partial charge in [0.25, 0.3) is 0 Å². The maximum Gasteiger partial charge on any atom is 0.338 e. The van der Waals surface area contributed by atoms with Gasteiger partial charge in [0.1, 0.15) is 17.3 Å². The largest absolute Gasteiger partial charge is 0.544 e. The number of hydrogen-bond acceptors (Lipinski definition) is 5. The van der Waals surface area contributed by atoms with Crippen molar-refractivity contribution in [2.24, 2.45) is 5.92 Å². The van der Waals surface area contributed by atoms with Crippen molar-refractivity contribution in [3.8, 4) is 5.75 Å². The highest BCUT2D eigenvalue weighted by molar-refractivity contribution is 5.90. The molecule has 0 fully saturated rings. The molecule has 0 aliphatic heterocycles. The molecule has 1 aromatic carbocycles. The molecule has 5 nitrogen and oxygen atoms in total. The minimum Gasteiger partial charge on any atom is -0.544 e. The Labute approximate surface area is 139 Å². The van der Waals surface area contributed by atoms with Gasteiger partial charge in [-0.1, -0.05) is 13.8 Å². The van der Waals surface area contributed by atoms with Crippen LogP contribution in [-0.4, -0.2) is 29.6 Å². The first-order valence-electron chi connectivity index (χ1n) is 7.44. The van der Waals surface area contributed by atoms with E-state index in [0.717, 1.165) is 0 Å². The molecule has 0 amide bonds. The zero-order valence-corrected chi connectivity index (χ0v) is 14.3. The van der Waals surface area contributed by atoms with Crippen molar-refractivity contribution in [3.05, 3.63) is 29.8 Å². The van der Waals surface area contributed by atoms with Gasteiger partial charge in [0.2, 0.25) is 0 Å². The van der Waals surface area contributed by atoms with Gasteiger partial charge in [-0.2, -0.15) is 8.78 Å². The fraction of sp³-hybridized carbons (Fsp3) is 0.529. The lowest BCUT2D eigenvalue weighted by Gasteiger charge is -2.30. The zero-order chi connectivity index (χ0) is 18.7. The SMILES string of the molecule is CC(C)C(OC(=O)c1ccc(OC(C)(C)C)cc1)C(F)(F)C(=O)[O-]. The van der Waals surface area contributed by atoms with Crippen LogP contribution < -0.4 is 9.84 Å². The second kappa shape index (κ2) is 7.15. The molecule has 0 saturated heterocycles.